The highest BCUT2D eigenvalue weighted by Crippen LogP contribution is 2.20. The van der Waals surface area contributed by atoms with E-state index in [2.05, 4.69) is 13.8 Å². The smallest absolute Gasteiger partial charge is 0.150 e. The Morgan fingerprint density at radius 3 is 2.28 bits per heavy atom. The van der Waals surface area contributed by atoms with Gasteiger partial charge in [-0.2, -0.15) is 5.06 Å². The lowest BCUT2D eigenvalue weighted by Crippen LogP contribution is -2.24. The van der Waals surface area contributed by atoms with Crippen molar-refractivity contribution in [3.63, 3.8) is 0 Å². The summed E-state index contributed by atoms with van der Waals surface area (Å²) in [5, 5.41) is 1.80. The minimum atomic E-state index is 0.652. The minimum Gasteiger partial charge on any atom is -0.298 e. The summed E-state index contributed by atoms with van der Waals surface area (Å²) in [6, 6.07) is 7.13. The topological polar surface area (TPSA) is 38.8 Å². The summed E-state index contributed by atoms with van der Waals surface area (Å²) < 4.78 is 5.11. The molecule has 0 atom stereocenters. The fourth-order valence-electron chi connectivity index (χ4n) is 1.38. The molecule has 0 amide bonds. The second kappa shape index (κ2) is 9.10. The van der Waals surface area contributed by atoms with Crippen molar-refractivity contribution in [2.24, 2.45) is 0 Å². The first kappa shape index (κ1) is 15.2. The summed E-state index contributed by atoms with van der Waals surface area (Å²) in [5.41, 5.74) is 0.652. The van der Waals surface area contributed by atoms with Crippen LogP contribution in [0.4, 0.5) is 0 Å². The van der Waals surface area contributed by atoms with Gasteiger partial charge in [0.15, 0.2) is 0 Å². The molecule has 0 saturated heterocycles. The van der Waals surface area contributed by atoms with Crippen LogP contribution in [0, 0.1) is 0 Å². The lowest BCUT2D eigenvalue weighted by atomic mass is 10.2. The molecule has 18 heavy (non-hydrogen) atoms. The van der Waals surface area contributed by atoms with Crippen molar-refractivity contribution in [2.45, 2.75) is 31.6 Å². The molecule has 0 aromatic heterocycles. The molecule has 1 rings (SSSR count). The lowest BCUT2D eigenvalue weighted by Gasteiger charge is -2.17. The van der Waals surface area contributed by atoms with Gasteiger partial charge in [-0.25, -0.2) is 0 Å². The largest absolute Gasteiger partial charge is 0.298 e. The van der Waals surface area contributed by atoms with Crippen LogP contribution in [0.2, 0.25) is 0 Å². The van der Waals surface area contributed by atoms with Crippen LogP contribution in [0.1, 0.15) is 37.0 Å². The van der Waals surface area contributed by atoms with E-state index < -0.39 is 0 Å². The average Bonchev–Trinajstić information content (AvgIpc) is 2.40. The highest BCUT2D eigenvalue weighted by atomic mass is 32.2. The van der Waals surface area contributed by atoms with E-state index in [1.54, 1.807) is 17.2 Å². The van der Waals surface area contributed by atoms with Gasteiger partial charge in [0.25, 0.3) is 0 Å². The first-order chi connectivity index (χ1) is 8.80. The van der Waals surface area contributed by atoms with Crippen molar-refractivity contribution >= 4 is 18.3 Å². The molecule has 0 aliphatic carbocycles. The molecule has 0 heterocycles. The van der Waals surface area contributed by atoms with Crippen molar-refractivity contribution in [3.8, 4) is 0 Å². The first-order valence-corrected chi connectivity index (χ1v) is 6.85. The van der Waals surface area contributed by atoms with Crippen molar-refractivity contribution in [3.05, 3.63) is 29.8 Å². The van der Waals surface area contributed by atoms with Gasteiger partial charge in [-0.3, -0.25) is 4.79 Å². The molecular formula is C13H19NO3S. The van der Waals surface area contributed by atoms with E-state index in [1.165, 1.54) is 0 Å². The third-order valence-corrected chi connectivity index (χ3v) is 2.82. The van der Waals surface area contributed by atoms with Gasteiger partial charge in [0.2, 0.25) is 0 Å². The predicted molar refractivity (Wildman–Crippen MR) is 72.0 cm³/mol. The van der Waals surface area contributed by atoms with E-state index >= 15 is 0 Å². The maximum Gasteiger partial charge on any atom is 0.150 e. The fourth-order valence-corrected chi connectivity index (χ4v) is 1.83. The van der Waals surface area contributed by atoms with Gasteiger partial charge < -0.3 is 0 Å². The zero-order chi connectivity index (χ0) is 13.2. The number of hydroxylamine groups is 2. The van der Waals surface area contributed by atoms with E-state index in [9.17, 15) is 4.79 Å². The van der Waals surface area contributed by atoms with Gasteiger partial charge in [-0.15, -0.1) is 9.32 Å². The average molecular weight is 269 g/mol. The molecule has 100 valence electrons. The van der Waals surface area contributed by atoms with Crippen LogP contribution in [-0.4, -0.2) is 24.4 Å². The first-order valence-electron chi connectivity index (χ1n) is 6.11. The molecule has 1 aromatic rings. The second-order valence-corrected chi connectivity index (χ2v) is 4.62. The Hall–Kier alpha value is -0.880. The predicted octanol–water partition coefficient (Wildman–Crippen LogP) is 3.49. The maximum atomic E-state index is 10.5. The maximum absolute atomic E-state index is 10.5. The van der Waals surface area contributed by atoms with Gasteiger partial charge in [0.05, 0.1) is 12.0 Å². The van der Waals surface area contributed by atoms with Crippen molar-refractivity contribution in [1.29, 1.82) is 0 Å². The summed E-state index contributed by atoms with van der Waals surface area (Å²) in [5.74, 6) is 0. The van der Waals surface area contributed by atoms with Crippen LogP contribution in [0.15, 0.2) is 29.2 Å². The molecule has 0 bridgehead atoms. The van der Waals surface area contributed by atoms with Crippen LogP contribution in [0.25, 0.3) is 0 Å². The number of benzene rings is 1. The Morgan fingerprint density at radius 2 is 1.78 bits per heavy atom. The quantitative estimate of drug-likeness (QED) is 0.297. The lowest BCUT2D eigenvalue weighted by molar-refractivity contribution is -0.359. The third kappa shape index (κ3) is 5.64. The number of carbonyl (C=O) groups is 1. The molecule has 5 heteroatoms. The molecule has 0 aliphatic rings. The zero-order valence-corrected chi connectivity index (χ0v) is 11.6. The van der Waals surface area contributed by atoms with Crippen LogP contribution in [-0.2, 0) is 9.32 Å². The van der Waals surface area contributed by atoms with Crippen LogP contribution in [0.5, 0.6) is 0 Å². The number of hydrogen-bond acceptors (Lipinski definition) is 5. The molecule has 1 aromatic carbocycles. The van der Waals surface area contributed by atoms with E-state index in [4.69, 9.17) is 9.32 Å². The summed E-state index contributed by atoms with van der Waals surface area (Å²) in [6.45, 7) is 5.88. The highest BCUT2D eigenvalue weighted by Gasteiger charge is 2.04. The summed E-state index contributed by atoms with van der Waals surface area (Å²) in [4.78, 5) is 16.6. The van der Waals surface area contributed by atoms with Gasteiger partial charge in [-0.05, 0) is 25.0 Å². The Labute approximate surface area is 112 Å². The molecular weight excluding hydrogens is 250 g/mol. The number of aldehydes is 1. The van der Waals surface area contributed by atoms with Gasteiger partial charge in [0.1, 0.15) is 6.29 Å². The van der Waals surface area contributed by atoms with Crippen molar-refractivity contribution in [1.82, 2.24) is 5.06 Å². The van der Waals surface area contributed by atoms with Crippen LogP contribution in [0.3, 0.4) is 0 Å². The summed E-state index contributed by atoms with van der Waals surface area (Å²) >= 11 is 1.14. The Balaban J connectivity index is 2.32. The van der Waals surface area contributed by atoms with Crippen molar-refractivity contribution < 1.29 is 14.1 Å². The summed E-state index contributed by atoms with van der Waals surface area (Å²) in [6.07, 6.45) is 2.85. The van der Waals surface area contributed by atoms with Gasteiger partial charge >= 0.3 is 0 Å². The van der Waals surface area contributed by atoms with E-state index in [0.29, 0.717) is 5.56 Å². The number of carbonyl (C=O) groups excluding carboxylic acids is 1. The molecule has 0 N–H and O–H groups in total. The van der Waals surface area contributed by atoms with Gasteiger partial charge in [0, 0.05) is 23.5 Å². The molecule has 0 aliphatic heterocycles. The van der Waals surface area contributed by atoms with E-state index in [0.717, 1.165) is 49.2 Å². The molecule has 0 radical (unpaired) electrons. The van der Waals surface area contributed by atoms with Crippen LogP contribution >= 0.6 is 12.0 Å². The third-order valence-electron chi connectivity index (χ3n) is 2.23. The second-order valence-electron chi connectivity index (χ2n) is 3.84. The fraction of sp³-hybridized carbons (Fsp3) is 0.462. The normalized spacial score (nSPS) is 10.8. The standard InChI is InChI=1S/C13H19NO3S/c1-3-9-14(10-4-2)16-17-18-13-7-5-12(11-15)6-8-13/h5-8,11H,3-4,9-10H2,1-2H3. The number of hydrogen-bond donors (Lipinski definition) is 0. The number of rotatable bonds is 9. The molecule has 0 saturated carbocycles. The number of nitrogens with zero attached hydrogens (tertiary/aromatic N) is 1. The minimum absolute atomic E-state index is 0.652. The Bertz CT molecular complexity index is 337. The van der Waals surface area contributed by atoms with Crippen LogP contribution < -0.4 is 0 Å². The Morgan fingerprint density at radius 1 is 1.17 bits per heavy atom. The monoisotopic (exact) mass is 269 g/mol. The molecule has 0 fully saturated rings. The highest BCUT2D eigenvalue weighted by molar-refractivity contribution is 7.94. The van der Waals surface area contributed by atoms with Crippen molar-refractivity contribution in [2.75, 3.05) is 13.1 Å². The SMILES string of the molecule is CCCN(CCC)OOSc1ccc(C=O)cc1. The molecule has 0 spiro atoms. The van der Waals surface area contributed by atoms with E-state index in [-0.39, 0.29) is 0 Å². The summed E-state index contributed by atoms with van der Waals surface area (Å²) in [7, 11) is 0. The molecule has 4 nitrogen and oxygen atoms in total. The van der Waals surface area contributed by atoms with E-state index in [1.807, 2.05) is 12.1 Å². The van der Waals surface area contributed by atoms with Gasteiger partial charge in [-0.1, -0.05) is 26.0 Å². The zero-order valence-electron chi connectivity index (χ0n) is 10.8. The molecule has 0 unspecified atom stereocenters. The Kier molecular flexibility index (Phi) is 7.68.